The van der Waals surface area contributed by atoms with Crippen molar-refractivity contribution in [2.45, 2.75) is 235 Å². The van der Waals surface area contributed by atoms with Gasteiger partial charge in [-0.05, 0) is 176 Å². The Morgan fingerprint density at radius 1 is 0.321 bits per heavy atom. The Balaban J connectivity index is 1.46. The number of nitrogens with zero attached hydrogens (tertiary/aromatic N) is 2. The van der Waals surface area contributed by atoms with Crippen LogP contribution in [0.4, 0.5) is 11.4 Å². The number of carbonyl (C=O) groups excluding carboxylic acids is 4. The lowest BCUT2D eigenvalue weighted by Crippen LogP contribution is -2.43. The van der Waals surface area contributed by atoms with E-state index < -0.39 is 0 Å². The van der Waals surface area contributed by atoms with Gasteiger partial charge in [-0.2, -0.15) is 0 Å². The fraction of sp³-hybridized carbons (Fsp3) is 0.500. The van der Waals surface area contributed by atoms with Crippen molar-refractivity contribution < 1.29 is 19.2 Å². The molecule has 6 heteroatoms. The summed E-state index contributed by atoms with van der Waals surface area (Å²) in [5, 5.41) is 7.58. The van der Waals surface area contributed by atoms with Gasteiger partial charge in [0.1, 0.15) is 0 Å². The van der Waals surface area contributed by atoms with Crippen LogP contribution in [-0.2, 0) is 25.7 Å². The Bertz CT molecular complexity index is 2980. The molecule has 4 amide bonds. The molecule has 0 atom stereocenters. The Morgan fingerprint density at radius 3 is 0.756 bits per heavy atom. The zero-order chi connectivity index (χ0) is 55.7. The lowest BCUT2D eigenvalue weighted by molar-refractivity contribution is 0.0875. The first-order valence-corrected chi connectivity index (χ1v) is 31.0. The van der Waals surface area contributed by atoms with Crippen molar-refractivity contribution in [2.75, 3.05) is 9.80 Å². The molecule has 0 saturated carbocycles. The summed E-state index contributed by atoms with van der Waals surface area (Å²) in [5.41, 5.74) is 12.1. The first-order valence-electron chi connectivity index (χ1n) is 31.0. The number of rotatable bonds is 26. The highest BCUT2D eigenvalue weighted by atomic mass is 16.2. The highest BCUT2D eigenvalue weighted by Crippen LogP contribution is 2.52. The van der Waals surface area contributed by atoms with Crippen LogP contribution < -0.4 is 9.80 Å². The van der Waals surface area contributed by atoms with Crippen molar-refractivity contribution in [2.24, 2.45) is 0 Å². The van der Waals surface area contributed by atoms with Crippen LogP contribution in [0.2, 0.25) is 0 Å². The van der Waals surface area contributed by atoms with Crippen LogP contribution in [0.15, 0.2) is 60.7 Å². The Hall–Kier alpha value is -5.88. The van der Waals surface area contributed by atoms with Gasteiger partial charge in [-0.3, -0.25) is 19.2 Å². The van der Waals surface area contributed by atoms with Crippen molar-refractivity contribution >= 4 is 78.1 Å². The molecule has 78 heavy (non-hydrogen) atoms. The molecule has 0 unspecified atom stereocenters. The van der Waals surface area contributed by atoms with Gasteiger partial charge in [0.05, 0.1) is 33.6 Å². The lowest BCUT2D eigenvalue weighted by atomic mass is 9.76. The molecule has 0 saturated heterocycles. The Morgan fingerprint density at radius 2 is 0.551 bits per heavy atom. The summed E-state index contributed by atoms with van der Waals surface area (Å²) in [5.74, 6) is -0.579. The average molecular weight is 1050 g/mol. The number of imide groups is 2. The molecule has 9 rings (SSSR count). The first-order chi connectivity index (χ1) is 37.6. The second-order valence-corrected chi connectivity index (χ2v) is 24.7. The molecule has 0 bridgehead atoms. The molecule has 2 heterocycles. The van der Waals surface area contributed by atoms with E-state index in [4.69, 9.17) is 0 Å². The molecule has 0 aromatic heterocycles. The third-order valence-corrected chi connectivity index (χ3v) is 17.7. The van der Waals surface area contributed by atoms with E-state index in [9.17, 15) is 0 Å². The van der Waals surface area contributed by atoms with Gasteiger partial charge in [0, 0.05) is 10.8 Å². The molecule has 0 aliphatic carbocycles. The van der Waals surface area contributed by atoms with E-state index >= 15 is 19.2 Å². The minimum atomic E-state index is -0.225. The quantitative estimate of drug-likeness (QED) is 0.0234. The van der Waals surface area contributed by atoms with Crippen LogP contribution in [-0.4, -0.2) is 23.6 Å². The third-order valence-electron chi connectivity index (χ3n) is 17.7. The summed E-state index contributed by atoms with van der Waals surface area (Å²) in [6, 6.07) is 21.8. The first kappa shape index (κ1) is 56.8. The van der Waals surface area contributed by atoms with Gasteiger partial charge in [-0.15, -0.1) is 0 Å². The van der Waals surface area contributed by atoms with Gasteiger partial charge < -0.3 is 0 Å². The van der Waals surface area contributed by atoms with Gasteiger partial charge in [0.2, 0.25) is 0 Å². The molecule has 6 nitrogen and oxygen atoms in total. The van der Waals surface area contributed by atoms with E-state index in [0.29, 0.717) is 47.9 Å². The predicted molar refractivity (Wildman–Crippen MR) is 331 cm³/mol. The smallest absolute Gasteiger partial charge is 0.266 e. The minimum absolute atomic E-state index is 0.0806. The lowest BCUT2D eigenvalue weighted by Gasteiger charge is -2.36. The number of benzene rings is 7. The monoisotopic (exact) mass is 1050 g/mol. The maximum absolute atomic E-state index is 16.2. The fourth-order valence-electron chi connectivity index (χ4n) is 13.7. The van der Waals surface area contributed by atoms with E-state index in [2.05, 4.69) is 144 Å². The largest absolute Gasteiger partial charge is 0.268 e. The SMILES string of the molecule is CCCCCCc1cc2c3cc(CCCCCC)c4c5c(c(CCCCCC)cc(c6cc(CCCCCC)c7c(c1C(=O)N(c1c(C(C)C)cccc1C(C)C)C7=O)c26)c53)C(=O)N(c1c(C(C)C)cccc1C(C)C)C4=O. The molecular weight excluding hydrogens is 957 g/mol. The van der Waals surface area contributed by atoms with Crippen molar-refractivity contribution in [3.8, 4) is 0 Å². The van der Waals surface area contributed by atoms with Crippen LogP contribution in [0.1, 0.15) is 295 Å². The normalized spacial score (nSPS) is 13.9. The van der Waals surface area contributed by atoms with E-state index in [0.717, 1.165) is 202 Å². The molecular formula is C72H90N2O4. The molecule has 412 valence electrons. The van der Waals surface area contributed by atoms with Crippen molar-refractivity contribution in [3.05, 3.63) is 127 Å². The number of carbonyl (C=O) groups is 4. The van der Waals surface area contributed by atoms with E-state index in [1.807, 2.05) is 0 Å². The number of fused-ring (bicyclic) bond motifs is 2. The number of hydrogen-bond donors (Lipinski definition) is 0. The van der Waals surface area contributed by atoms with Gasteiger partial charge in [-0.1, -0.05) is 197 Å². The van der Waals surface area contributed by atoms with Gasteiger partial charge >= 0.3 is 0 Å². The summed E-state index contributed by atoms with van der Waals surface area (Å²) in [4.78, 5) is 68.1. The third kappa shape index (κ3) is 10.1. The number of anilines is 2. The molecule has 0 radical (unpaired) electrons. The molecule has 0 N–H and O–H groups in total. The maximum Gasteiger partial charge on any atom is 0.266 e. The van der Waals surface area contributed by atoms with Crippen LogP contribution >= 0.6 is 0 Å². The molecule has 2 aliphatic rings. The Kier molecular flexibility index (Phi) is 17.7. The van der Waals surface area contributed by atoms with Crippen molar-refractivity contribution in [3.63, 3.8) is 0 Å². The molecule has 7 aromatic carbocycles. The summed E-state index contributed by atoms with van der Waals surface area (Å²) < 4.78 is 0. The summed E-state index contributed by atoms with van der Waals surface area (Å²) in [6.07, 6.45) is 19.4. The van der Waals surface area contributed by atoms with Gasteiger partial charge in [0.25, 0.3) is 23.6 Å². The second-order valence-electron chi connectivity index (χ2n) is 24.7. The van der Waals surface area contributed by atoms with E-state index in [1.165, 1.54) is 0 Å². The van der Waals surface area contributed by atoms with E-state index in [1.54, 1.807) is 9.80 Å². The number of aryl methyl sites for hydroxylation is 4. The number of hydrogen-bond acceptors (Lipinski definition) is 4. The van der Waals surface area contributed by atoms with Crippen molar-refractivity contribution in [1.82, 2.24) is 0 Å². The summed E-state index contributed by atoms with van der Waals surface area (Å²) in [6.45, 7) is 26.2. The number of amides is 4. The Labute approximate surface area is 467 Å². The van der Waals surface area contributed by atoms with Crippen LogP contribution in [0.25, 0.3) is 43.1 Å². The fourth-order valence-corrected chi connectivity index (χ4v) is 13.7. The van der Waals surface area contributed by atoms with Crippen LogP contribution in [0.5, 0.6) is 0 Å². The summed E-state index contributed by atoms with van der Waals surface area (Å²) >= 11 is 0. The topological polar surface area (TPSA) is 74.8 Å². The molecule has 2 aliphatic heterocycles. The van der Waals surface area contributed by atoms with Crippen LogP contribution in [0, 0.1) is 0 Å². The zero-order valence-electron chi connectivity index (χ0n) is 49.8. The minimum Gasteiger partial charge on any atom is -0.268 e. The summed E-state index contributed by atoms with van der Waals surface area (Å²) in [7, 11) is 0. The molecule has 0 fully saturated rings. The maximum atomic E-state index is 16.2. The predicted octanol–water partition coefficient (Wildman–Crippen LogP) is 20.3. The standard InChI is InChI=1S/C72H90N2O4/c1-13-17-21-25-31-47-39-55-56-40-49(33-27-23-19-15-3)61-66-62(72(78)74(71(61)77)68-53(45(9)10)37-30-38-54(68)46(11)12)50(34-28-24-20-16-4)42-58(64(56)66)57-41-48(32-26-22-18-14-2)60-65(63(55)57)59(47)69(75)73(70(60)76)67-51(43(5)6)35-29-36-52(67)44(7)8/h29-30,35-46H,13-28,31-34H2,1-12H3. The average Bonchev–Trinajstić information content (AvgIpc) is 3.55. The number of unbranched alkanes of at least 4 members (excludes halogenated alkanes) is 12. The molecule has 0 spiro atoms. The van der Waals surface area contributed by atoms with Gasteiger partial charge in [-0.25, -0.2) is 9.80 Å². The highest BCUT2D eigenvalue weighted by Gasteiger charge is 2.44. The highest BCUT2D eigenvalue weighted by molar-refractivity contribution is 6.46. The molecule has 7 aromatic rings. The van der Waals surface area contributed by atoms with E-state index in [-0.39, 0.29) is 47.3 Å². The van der Waals surface area contributed by atoms with Crippen molar-refractivity contribution in [1.29, 1.82) is 0 Å². The zero-order valence-corrected chi connectivity index (χ0v) is 49.8. The number of para-hydroxylation sites is 2. The second kappa shape index (κ2) is 24.2. The van der Waals surface area contributed by atoms with Crippen LogP contribution in [0.3, 0.4) is 0 Å². The van der Waals surface area contributed by atoms with Gasteiger partial charge in [0.15, 0.2) is 0 Å².